The zero-order valence-electron chi connectivity index (χ0n) is 16.2. The SMILES string of the molecule is CC(C)(C)C(=O)OCOP(=O)(OCOC(=O)C(C)(C)C)C(C)(C)C. The molecule has 0 heterocycles. The van der Waals surface area contributed by atoms with Crippen LogP contribution in [-0.4, -0.2) is 30.7 Å². The first kappa shape index (κ1) is 23.1. The first-order valence-corrected chi connectivity index (χ1v) is 9.29. The zero-order chi connectivity index (χ0) is 19.4. The van der Waals surface area contributed by atoms with E-state index in [0.29, 0.717) is 0 Å². The Morgan fingerprint density at radius 3 is 1.21 bits per heavy atom. The molecule has 0 fully saturated rings. The minimum atomic E-state index is -3.67. The van der Waals surface area contributed by atoms with E-state index in [4.69, 9.17) is 18.5 Å². The second kappa shape index (κ2) is 7.98. The first-order chi connectivity index (χ1) is 10.5. The fourth-order valence-corrected chi connectivity index (χ4v) is 2.39. The van der Waals surface area contributed by atoms with Crippen molar-refractivity contribution in [2.24, 2.45) is 10.8 Å². The number of carbonyl (C=O) groups excluding carboxylic acids is 2. The molecule has 0 rings (SSSR count). The molecule has 0 aromatic carbocycles. The minimum absolute atomic E-state index is 0.484. The summed E-state index contributed by atoms with van der Waals surface area (Å²) in [6.45, 7) is 14.1. The second-order valence-electron chi connectivity index (χ2n) is 8.53. The molecule has 0 atom stereocenters. The van der Waals surface area contributed by atoms with Crippen molar-refractivity contribution in [2.75, 3.05) is 13.6 Å². The van der Waals surface area contributed by atoms with Crippen LogP contribution in [0.25, 0.3) is 0 Å². The van der Waals surface area contributed by atoms with E-state index in [9.17, 15) is 14.2 Å². The van der Waals surface area contributed by atoms with Crippen molar-refractivity contribution in [3.8, 4) is 0 Å². The van der Waals surface area contributed by atoms with Gasteiger partial charge in [0, 0.05) is 0 Å². The van der Waals surface area contributed by atoms with Gasteiger partial charge >= 0.3 is 19.5 Å². The molecule has 8 heteroatoms. The van der Waals surface area contributed by atoms with Gasteiger partial charge in [0.25, 0.3) is 0 Å². The Hall–Kier alpha value is -0.910. The predicted molar refractivity (Wildman–Crippen MR) is 90.4 cm³/mol. The van der Waals surface area contributed by atoms with Crippen LogP contribution in [0.3, 0.4) is 0 Å². The number of hydrogen-bond acceptors (Lipinski definition) is 7. The number of rotatable bonds is 6. The Kier molecular flexibility index (Phi) is 7.68. The van der Waals surface area contributed by atoms with Crippen molar-refractivity contribution in [2.45, 2.75) is 67.5 Å². The number of ether oxygens (including phenoxy) is 2. The van der Waals surface area contributed by atoms with Gasteiger partial charge in [0.2, 0.25) is 13.6 Å². The van der Waals surface area contributed by atoms with Gasteiger partial charge < -0.3 is 9.47 Å². The van der Waals surface area contributed by atoms with Crippen molar-refractivity contribution in [3.63, 3.8) is 0 Å². The molecule has 0 bridgehead atoms. The van der Waals surface area contributed by atoms with Crippen molar-refractivity contribution < 1.29 is 32.7 Å². The molecule has 0 amide bonds. The first-order valence-electron chi connectivity index (χ1n) is 7.74. The highest BCUT2D eigenvalue weighted by atomic mass is 31.2. The van der Waals surface area contributed by atoms with Crippen LogP contribution in [-0.2, 0) is 32.7 Å². The molecule has 0 aromatic rings. The molecule has 0 aliphatic carbocycles. The Bertz CT molecular complexity index is 456. The summed E-state index contributed by atoms with van der Waals surface area (Å²) in [5.41, 5.74) is -1.39. The van der Waals surface area contributed by atoms with Gasteiger partial charge in [-0.15, -0.1) is 0 Å². The van der Waals surface area contributed by atoms with Crippen molar-refractivity contribution in [1.82, 2.24) is 0 Å². The lowest BCUT2D eigenvalue weighted by molar-refractivity contribution is -0.162. The molecule has 24 heavy (non-hydrogen) atoms. The lowest BCUT2D eigenvalue weighted by Crippen LogP contribution is -2.27. The van der Waals surface area contributed by atoms with Crippen LogP contribution < -0.4 is 0 Å². The summed E-state index contributed by atoms with van der Waals surface area (Å²) in [6.07, 6.45) is 0. The van der Waals surface area contributed by atoms with E-state index in [1.54, 1.807) is 62.3 Å². The summed E-state index contributed by atoms with van der Waals surface area (Å²) in [5.74, 6) is -0.968. The maximum Gasteiger partial charge on any atom is 0.341 e. The van der Waals surface area contributed by atoms with Crippen LogP contribution in [0.4, 0.5) is 0 Å². The molecule has 0 N–H and O–H groups in total. The van der Waals surface area contributed by atoms with Gasteiger partial charge in [-0.3, -0.25) is 23.2 Å². The second-order valence-corrected chi connectivity index (χ2v) is 11.4. The largest absolute Gasteiger partial charge is 0.438 e. The predicted octanol–water partition coefficient (Wildman–Crippen LogP) is 4.10. The summed E-state index contributed by atoms with van der Waals surface area (Å²) in [7, 11) is -3.67. The van der Waals surface area contributed by atoms with E-state index in [1.807, 2.05) is 0 Å². The van der Waals surface area contributed by atoms with Crippen LogP contribution in [0.15, 0.2) is 0 Å². The zero-order valence-corrected chi connectivity index (χ0v) is 17.1. The molecule has 7 nitrogen and oxygen atoms in total. The summed E-state index contributed by atoms with van der Waals surface area (Å²) >= 11 is 0. The van der Waals surface area contributed by atoms with Crippen LogP contribution in [0.1, 0.15) is 62.3 Å². The molecule has 0 aliphatic rings. The Morgan fingerprint density at radius 2 is 1.00 bits per heavy atom. The van der Waals surface area contributed by atoms with Gasteiger partial charge in [-0.25, -0.2) is 0 Å². The molecule has 0 unspecified atom stereocenters. The van der Waals surface area contributed by atoms with Crippen LogP contribution in [0.2, 0.25) is 0 Å². The van der Waals surface area contributed by atoms with Gasteiger partial charge in [0.1, 0.15) is 0 Å². The molecule has 0 spiro atoms. The van der Waals surface area contributed by atoms with E-state index in [1.165, 1.54) is 0 Å². The average Bonchev–Trinajstić information content (AvgIpc) is 2.34. The third kappa shape index (κ3) is 7.32. The highest BCUT2D eigenvalue weighted by molar-refractivity contribution is 7.55. The number of hydrogen-bond donors (Lipinski definition) is 0. The molecule has 142 valence electrons. The monoisotopic (exact) mass is 366 g/mol. The maximum atomic E-state index is 12.9. The highest BCUT2D eigenvalue weighted by Crippen LogP contribution is 2.59. The highest BCUT2D eigenvalue weighted by Gasteiger charge is 2.41. The van der Waals surface area contributed by atoms with Crippen molar-refractivity contribution >= 4 is 19.5 Å². The smallest absolute Gasteiger partial charge is 0.341 e. The van der Waals surface area contributed by atoms with E-state index >= 15 is 0 Å². The van der Waals surface area contributed by atoms with Gasteiger partial charge in [0.15, 0.2) is 0 Å². The third-order valence-corrected chi connectivity index (χ3v) is 5.41. The lowest BCUT2D eigenvalue weighted by atomic mass is 9.98. The summed E-state index contributed by atoms with van der Waals surface area (Å²) < 4.78 is 33.2. The summed E-state index contributed by atoms with van der Waals surface area (Å²) in [4.78, 5) is 23.4. The molecular formula is C16H31O7P. The van der Waals surface area contributed by atoms with E-state index in [0.717, 1.165) is 0 Å². The number of carbonyl (C=O) groups is 2. The Balaban J connectivity index is 4.74. The molecule has 0 aromatic heterocycles. The molecular weight excluding hydrogens is 335 g/mol. The van der Waals surface area contributed by atoms with Crippen LogP contribution in [0, 0.1) is 10.8 Å². The minimum Gasteiger partial charge on any atom is -0.438 e. The number of esters is 2. The van der Waals surface area contributed by atoms with Crippen LogP contribution >= 0.6 is 7.60 Å². The van der Waals surface area contributed by atoms with Gasteiger partial charge in [-0.1, -0.05) is 0 Å². The lowest BCUT2D eigenvalue weighted by Gasteiger charge is -2.30. The quantitative estimate of drug-likeness (QED) is 0.397. The average molecular weight is 366 g/mol. The van der Waals surface area contributed by atoms with E-state index < -0.39 is 49.1 Å². The molecule has 0 saturated heterocycles. The van der Waals surface area contributed by atoms with E-state index in [2.05, 4.69) is 0 Å². The Morgan fingerprint density at radius 1 is 0.708 bits per heavy atom. The Labute approximate surface area is 144 Å². The standard InChI is InChI=1S/C16H31O7P/c1-14(2,3)12(17)20-10-22-24(19,16(7,8)9)23-11-21-13(18)15(4,5)6/h10-11H2,1-9H3. The van der Waals surface area contributed by atoms with Gasteiger partial charge in [0.05, 0.1) is 16.0 Å². The molecule has 0 aliphatic heterocycles. The topological polar surface area (TPSA) is 88.1 Å². The fourth-order valence-electron chi connectivity index (χ4n) is 1.16. The maximum absolute atomic E-state index is 12.9. The van der Waals surface area contributed by atoms with Gasteiger partial charge in [-0.2, -0.15) is 0 Å². The normalized spacial score (nSPS) is 13.5. The summed E-state index contributed by atoms with van der Waals surface area (Å²) in [5, 5.41) is -0.880. The molecule has 0 radical (unpaired) electrons. The van der Waals surface area contributed by atoms with Gasteiger partial charge in [-0.05, 0) is 62.3 Å². The van der Waals surface area contributed by atoms with Crippen molar-refractivity contribution in [3.05, 3.63) is 0 Å². The van der Waals surface area contributed by atoms with Crippen LogP contribution in [0.5, 0.6) is 0 Å². The molecule has 0 saturated carbocycles. The van der Waals surface area contributed by atoms with Crippen molar-refractivity contribution in [1.29, 1.82) is 0 Å². The third-order valence-electron chi connectivity index (χ3n) is 2.87. The fraction of sp³-hybridized carbons (Fsp3) is 0.875. The summed E-state index contributed by atoms with van der Waals surface area (Å²) in [6, 6.07) is 0. The van der Waals surface area contributed by atoms with E-state index in [-0.39, 0.29) is 0 Å².